The number of nitrogens with one attached hydrogen (secondary N) is 1. The first kappa shape index (κ1) is 12.4. The largest absolute Gasteiger partial charge is 0.454 e. The van der Waals surface area contributed by atoms with Gasteiger partial charge < -0.3 is 14.8 Å². The maximum atomic E-state index is 9.14. The number of hydrogen-bond donors (Lipinski definition) is 1. The summed E-state index contributed by atoms with van der Waals surface area (Å²) in [5, 5.41) is 12.5. The highest BCUT2D eigenvalue weighted by atomic mass is 16.7. The van der Waals surface area contributed by atoms with Crippen LogP contribution in [0.1, 0.15) is 16.7 Å². The molecule has 2 aromatic rings. The number of aryl methyl sites for hydroxylation is 1. The van der Waals surface area contributed by atoms with Crippen molar-refractivity contribution in [2.24, 2.45) is 0 Å². The molecule has 0 spiro atoms. The molecule has 0 aromatic heterocycles. The van der Waals surface area contributed by atoms with Crippen molar-refractivity contribution in [3.05, 3.63) is 53.1 Å². The first-order valence-electron chi connectivity index (χ1n) is 6.40. The molecule has 1 aliphatic rings. The minimum atomic E-state index is 0.280. The maximum absolute atomic E-state index is 9.14. The summed E-state index contributed by atoms with van der Waals surface area (Å²) in [4.78, 5) is 0. The third kappa shape index (κ3) is 2.26. The van der Waals surface area contributed by atoms with Crippen LogP contribution in [0.2, 0.25) is 0 Å². The molecule has 0 amide bonds. The Hall–Kier alpha value is -2.67. The standard InChI is InChI=1S/C16H14N2O2/c1-11-3-2-4-13(8-17)16(11)18-9-12-5-6-14-15(7-12)20-10-19-14/h2-7,18H,9-10H2,1H3. The SMILES string of the molecule is Cc1cccc(C#N)c1NCc1ccc2c(c1)OCO2. The second-order valence-corrected chi connectivity index (χ2v) is 4.65. The Morgan fingerprint density at radius 2 is 2.05 bits per heavy atom. The van der Waals surface area contributed by atoms with E-state index in [-0.39, 0.29) is 6.79 Å². The van der Waals surface area contributed by atoms with Gasteiger partial charge in [0, 0.05) is 6.54 Å². The molecule has 1 aliphatic heterocycles. The van der Waals surface area contributed by atoms with Crippen LogP contribution in [0.4, 0.5) is 5.69 Å². The lowest BCUT2D eigenvalue weighted by atomic mass is 10.1. The van der Waals surface area contributed by atoms with Gasteiger partial charge in [-0.25, -0.2) is 0 Å². The smallest absolute Gasteiger partial charge is 0.231 e. The van der Waals surface area contributed by atoms with Gasteiger partial charge in [-0.05, 0) is 36.2 Å². The normalized spacial score (nSPS) is 12.0. The van der Waals surface area contributed by atoms with E-state index in [0.717, 1.165) is 28.3 Å². The molecule has 1 heterocycles. The van der Waals surface area contributed by atoms with Crippen LogP contribution in [-0.4, -0.2) is 6.79 Å². The quantitative estimate of drug-likeness (QED) is 0.926. The zero-order valence-corrected chi connectivity index (χ0v) is 11.1. The summed E-state index contributed by atoms with van der Waals surface area (Å²) >= 11 is 0. The zero-order valence-electron chi connectivity index (χ0n) is 11.1. The second-order valence-electron chi connectivity index (χ2n) is 4.65. The molecule has 4 heteroatoms. The second kappa shape index (κ2) is 5.14. The molecule has 3 rings (SSSR count). The molecule has 0 bridgehead atoms. The summed E-state index contributed by atoms with van der Waals surface area (Å²) in [6, 6.07) is 13.8. The van der Waals surface area contributed by atoms with Gasteiger partial charge in [-0.2, -0.15) is 5.26 Å². The molecule has 0 saturated heterocycles. The summed E-state index contributed by atoms with van der Waals surface area (Å²) in [6.07, 6.45) is 0. The molecule has 4 nitrogen and oxygen atoms in total. The van der Waals surface area contributed by atoms with E-state index >= 15 is 0 Å². The van der Waals surface area contributed by atoms with Gasteiger partial charge >= 0.3 is 0 Å². The van der Waals surface area contributed by atoms with Gasteiger partial charge in [0.15, 0.2) is 11.5 Å². The molecular weight excluding hydrogens is 252 g/mol. The number of rotatable bonds is 3. The topological polar surface area (TPSA) is 54.3 Å². The van der Waals surface area contributed by atoms with Crippen molar-refractivity contribution < 1.29 is 9.47 Å². The first-order chi connectivity index (χ1) is 9.78. The summed E-state index contributed by atoms with van der Waals surface area (Å²) in [7, 11) is 0. The minimum Gasteiger partial charge on any atom is -0.454 e. The number of para-hydroxylation sites is 1. The highest BCUT2D eigenvalue weighted by Crippen LogP contribution is 2.32. The van der Waals surface area contributed by atoms with Gasteiger partial charge in [0.2, 0.25) is 6.79 Å². The molecule has 0 atom stereocenters. The lowest BCUT2D eigenvalue weighted by Gasteiger charge is -2.11. The Balaban J connectivity index is 1.79. The molecule has 100 valence electrons. The van der Waals surface area contributed by atoms with E-state index in [0.29, 0.717) is 12.1 Å². The number of fused-ring (bicyclic) bond motifs is 1. The van der Waals surface area contributed by atoms with E-state index in [4.69, 9.17) is 14.7 Å². The number of nitrogens with zero attached hydrogens (tertiary/aromatic N) is 1. The molecule has 2 aromatic carbocycles. The Morgan fingerprint density at radius 3 is 2.90 bits per heavy atom. The van der Waals surface area contributed by atoms with E-state index in [1.807, 2.05) is 43.3 Å². The Labute approximate surface area is 117 Å². The van der Waals surface area contributed by atoms with E-state index in [1.54, 1.807) is 0 Å². The molecule has 0 saturated carbocycles. The average molecular weight is 266 g/mol. The highest BCUT2D eigenvalue weighted by molar-refractivity contribution is 5.62. The molecule has 0 aliphatic carbocycles. The fourth-order valence-corrected chi connectivity index (χ4v) is 2.24. The summed E-state index contributed by atoms with van der Waals surface area (Å²) in [6.45, 7) is 2.90. The molecule has 1 N–H and O–H groups in total. The van der Waals surface area contributed by atoms with Crippen molar-refractivity contribution >= 4 is 5.69 Å². The van der Waals surface area contributed by atoms with Crippen LogP contribution in [0.5, 0.6) is 11.5 Å². The van der Waals surface area contributed by atoms with Gasteiger partial charge in [-0.15, -0.1) is 0 Å². The molecule has 0 unspecified atom stereocenters. The van der Waals surface area contributed by atoms with Crippen LogP contribution in [-0.2, 0) is 6.54 Å². The van der Waals surface area contributed by atoms with Crippen molar-refractivity contribution in [3.8, 4) is 17.6 Å². The van der Waals surface area contributed by atoms with Gasteiger partial charge in [0.1, 0.15) is 6.07 Å². The zero-order chi connectivity index (χ0) is 13.9. The van der Waals surface area contributed by atoms with Crippen LogP contribution < -0.4 is 14.8 Å². The van der Waals surface area contributed by atoms with Crippen LogP contribution in [0.3, 0.4) is 0 Å². The monoisotopic (exact) mass is 266 g/mol. The van der Waals surface area contributed by atoms with E-state index in [1.165, 1.54) is 0 Å². The average Bonchev–Trinajstić information content (AvgIpc) is 2.93. The van der Waals surface area contributed by atoms with Crippen LogP contribution >= 0.6 is 0 Å². The van der Waals surface area contributed by atoms with E-state index in [9.17, 15) is 0 Å². The van der Waals surface area contributed by atoms with E-state index in [2.05, 4.69) is 11.4 Å². The Kier molecular flexibility index (Phi) is 3.18. The van der Waals surface area contributed by atoms with Crippen molar-refractivity contribution in [2.75, 3.05) is 12.1 Å². The number of ether oxygens (including phenoxy) is 2. The lowest BCUT2D eigenvalue weighted by Crippen LogP contribution is -2.03. The number of nitriles is 1. The van der Waals surface area contributed by atoms with Crippen LogP contribution in [0.25, 0.3) is 0 Å². The predicted octanol–water partition coefficient (Wildman–Crippen LogP) is 3.21. The summed E-state index contributed by atoms with van der Waals surface area (Å²) < 4.78 is 10.6. The lowest BCUT2D eigenvalue weighted by molar-refractivity contribution is 0.174. The number of benzene rings is 2. The van der Waals surface area contributed by atoms with Crippen LogP contribution in [0, 0.1) is 18.3 Å². The fraction of sp³-hybridized carbons (Fsp3) is 0.188. The maximum Gasteiger partial charge on any atom is 0.231 e. The van der Waals surface area contributed by atoms with Crippen molar-refractivity contribution in [2.45, 2.75) is 13.5 Å². The third-order valence-electron chi connectivity index (χ3n) is 3.30. The van der Waals surface area contributed by atoms with Crippen molar-refractivity contribution in [1.29, 1.82) is 5.26 Å². The van der Waals surface area contributed by atoms with Crippen molar-refractivity contribution in [3.63, 3.8) is 0 Å². The Bertz CT molecular complexity index is 689. The van der Waals surface area contributed by atoms with Gasteiger partial charge in [-0.3, -0.25) is 0 Å². The first-order valence-corrected chi connectivity index (χ1v) is 6.40. The molecule has 20 heavy (non-hydrogen) atoms. The highest BCUT2D eigenvalue weighted by Gasteiger charge is 2.13. The number of hydrogen-bond acceptors (Lipinski definition) is 4. The predicted molar refractivity (Wildman–Crippen MR) is 75.8 cm³/mol. The van der Waals surface area contributed by atoms with Crippen molar-refractivity contribution in [1.82, 2.24) is 0 Å². The molecular formula is C16H14N2O2. The molecule has 0 radical (unpaired) electrons. The molecule has 0 fully saturated rings. The van der Waals surface area contributed by atoms with Crippen LogP contribution in [0.15, 0.2) is 36.4 Å². The van der Waals surface area contributed by atoms with Gasteiger partial charge in [0.25, 0.3) is 0 Å². The Morgan fingerprint density at radius 1 is 1.20 bits per heavy atom. The summed E-state index contributed by atoms with van der Waals surface area (Å²) in [5.41, 5.74) is 3.68. The minimum absolute atomic E-state index is 0.280. The third-order valence-corrected chi connectivity index (χ3v) is 3.30. The van der Waals surface area contributed by atoms with Gasteiger partial charge in [-0.1, -0.05) is 18.2 Å². The summed E-state index contributed by atoms with van der Waals surface area (Å²) in [5.74, 6) is 1.55. The number of anilines is 1. The van der Waals surface area contributed by atoms with E-state index < -0.39 is 0 Å². The van der Waals surface area contributed by atoms with Gasteiger partial charge in [0.05, 0.1) is 11.3 Å². The fourth-order valence-electron chi connectivity index (χ4n) is 2.24.